The number of aliphatic hydroxyl groups is 1. The van der Waals surface area contributed by atoms with Gasteiger partial charge in [0.15, 0.2) is 0 Å². The molecule has 0 aromatic heterocycles. The molecule has 1 N–H and O–H groups in total. The molecule has 2 aliphatic rings. The van der Waals surface area contributed by atoms with E-state index in [-0.39, 0.29) is 6.10 Å². The summed E-state index contributed by atoms with van der Waals surface area (Å²) >= 11 is 0. The summed E-state index contributed by atoms with van der Waals surface area (Å²) in [5, 5.41) is 10.1. The Morgan fingerprint density at radius 1 is 1.14 bits per heavy atom. The molecule has 2 unspecified atom stereocenters. The van der Waals surface area contributed by atoms with Crippen LogP contribution < -0.4 is 0 Å². The summed E-state index contributed by atoms with van der Waals surface area (Å²) in [6.07, 6.45) is 6.57. The molecule has 0 heterocycles. The summed E-state index contributed by atoms with van der Waals surface area (Å²) in [5.74, 6) is 2.15. The number of hydrogen-bond acceptors (Lipinski definition) is 1. The van der Waals surface area contributed by atoms with Gasteiger partial charge in [-0.05, 0) is 36.0 Å². The van der Waals surface area contributed by atoms with Crippen molar-refractivity contribution in [2.75, 3.05) is 0 Å². The van der Waals surface area contributed by atoms with E-state index in [9.17, 15) is 5.11 Å². The highest BCUT2D eigenvalue weighted by Gasteiger charge is 2.47. The molecular formula is C13H24O. The van der Waals surface area contributed by atoms with Gasteiger partial charge in [0.1, 0.15) is 0 Å². The van der Waals surface area contributed by atoms with Crippen LogP contribution in [0.2, 0.25) is 0 Å². The second-order valence-electron chi connectivity index (χ2n) is 6.06. The highest BCUT2D eigenvalue weighted by Crippen LogP contribution is 2.53. The van der Waals surface area contributed by atoms with Gasteiger partial charge in [-0.3, -0.25) is 0 Å². The van der Waals surface area contributed by atoms with Crippen molar-refractivity contribution >= 4 is 0 Å². The van der Waals surface area contributed by atoms with Crippen molar-refractivity contribution in [1.29, 1.82) is 0 Å². The van der Waals surface area contributed by atoms with E-state index in [1.54, 1.807) is 0 Å². The molecule has 0 aliphatic heterocycles. The summed E-state index contributed by atoms with van der Waals surface area (Å²) in [6.45, 7) is 6.96. The van der Waals surface area contributed by atoms with Gasteiger partial charge < -0.3 is 5.11 Å². The molecule has 0 radical (unpaired) electrons. The van der Waals surface area contributed by atoms with Crippen molar-refractivity contribution in [2.24, 2.45) is 23.2 Å². The Morgan fingerprint density at radius 3 is 2.50 bits per heavy atom. The SMILES string of the molecule is C[C@@H]1[C@@H](O)CC2CCCCC2C1(C)C. The third-order valence-corrected chi connectivity index (χ3v) is 5.16. The normalized spacial score (nSPS) is 47.1. The van der Waals surface area contributed by atoms with Crippen LogP contribution in [0.15, 0.2) is 0 Å². The van der Waals surface area contributed by atoms with E-state index < -0.39 is 0 Å². The maximum Gasteiger partial charge on any atom is 0.0573 e. The Bertz CT molecular complexity index is 209. The zero-order valence-corrected chi connectivity index (χ0v) is 9.79. The van der Waals surface area contributed by atoms with Crippen molar-refractivity contribution < 1.29 is 5.11 Å². The van der Waals surface area contributed by atoms with Gasteiger partial charge >= 0.3 is 0 Å². The van der Waals surface area contributed by atoms with Gasteiger partial charge in [0.2, 0.25) is 0 Å². The standard InChI is InChI=1S/C13H24O/c1-9-12(14)8-10-6-4-5-7-11(10)13(9,2)3/h9-12,14H,4-8H2,1-3H3/t9-,10?,11?,12+/m1/s1. The molecule has 0 spiro atoms. The third kappa shape index (κ3) is 1.50. The predicted octanol–water partition coefficient (Wildman–Crippen LogP) is 3.22. The maximum absolute atomic E-state index is 10.1. The van der Waals surface area contributed by atoms with Crippen molar-refractivity contribution in [3.63, 3.8) is 0 Å². The minimum Gasteiger partial charge on any atom is -0.393 e. The monoisotopic (exact) mass is 196 g/mol. The average molecular weight is 196 g/mol. The number of fused-ring (bicyclic) bond motifs is 1. The van der Waals surface area contributed by atoms with E-state index in [0.29, 0.717) is 11.3 Å². The molecule has 82 valence electrons. The lowest BCUT2D eigenvalue weighted by Gasteiger charge is -2.52. The van der Waals surface area contributed by atoms with E-state index in [4.69, 9.17) is 0 Å². The molecule has 14 heavy (non-hydrogen) atoms. The van der Waals surface area contributed by atoms with Crippen LogP contribution in [-0.2, 0) is 0 Å². The molecule has 0 saturated heterocycles. The molecule has 2 aliphatic carbocycles. The van der Waals surface area contributed by atoms with Crippen molar-refractivity contribution in [3.8, 4) is 0 Å². The summed E-state index contributed by atoms with van der Waals surface area (Å²) in [5.41, 5.74) is 0.350. The topological polar surface area (TPSA) is 20.2 Å². The highest BCUT2D eigenvalue weighted by molar-refractivity contribution is 4.97. The number of rotatable bonds is 0. The van der Waals surface area contributed by atoms with Crippen molar-refractivity contribution in [2.45, 2.75) is 59.0 Å². The molecule has 2 fully saturated rings. The van der Waals surface area contributed by atoms with Gasteiger partial charge in [-0.15, -0.1) is 0 Å². The summed E-state index contributed by atoms with van der Waals surface area (Å²) < 4.78 is 0. The summed E-state index contributed by atoms with van der Waals surface area (Å²) in [7, 11) is 0. The molecule has 2 rings (SSSR count). The summed E-state index contributed by atoms with van der Waals surface area (Å²) in [4.78, 5) is 0. The number of hydrogen-bond donors (Lipinski definition) is 1. The molecule has 0 aromatic carbocycles. The zero-order chi connectivity index (χ0) is 10.3. The van der Waals surface area contributed by atoms with Crippen LogP contribution >= 0.6 is 0 Å². The van der Waals surface area contributed by atoms with Crippen LogP contribution in [-0.4, -0.2) is 11.2 Å². The lowest BCUT2D eigenvalue weighted by Crippen LogP contribution is -2.48. The fourth-order valence-electron chi connectivity index (χ4n) is 3.82. The largest absolute Gasteiger partial charge is 0.393 e. The van der Waals surface area contributed by atoms with E-state index in [0.717, 1.165) is 18.3 Å². The lowest BCUT2D eigenvalue weighted by atomic mass is 9.54. The second kappa shape index (κ2) is 3.52. The zero-order valence-electron chi connectivity index (χ0n) is 9.79. The first kappa shape index (κ1) is 10.5. The van der Waals surface area contributed by atoms with Crippen molar-refractivity contribution in [3.05, 3.63) is 0 Å². The van der Waals surface area contributed by atoms with E-state index in [1.807, 2.05) is 0 Å². The Balaban J connectivity index is 2.19. The molecule has 0 amide bonds. The Hall–Kier alpha value is -0.0400. The van der Waals surface area contributed by atoms with Crippen LogP contribution in [0.4, 0.5) is 0 Å². The first-order valence-corrected chi connectivity index (χ1v) is 6.21. The van der Waals surface area contributed by atoms with Gasteiger partial charge in [0.05, 0.1) is 6.10 Å². The van der Waals surface area contributed by atoms with Crippen molar-refractivity contribution in [1.82, 2.24) is 0 Å². The van der Waals surface area contributed by atoms with Crippen LogP contribution in [0.25, 0.3) is 0 Å². The fraction of sp³-hybridized carbons (Fsp3) is 1.00. The Morgan fingerprint density at radius 2 is 1.79 bits per heavy atom. The van der Waals surface area contributed by atoms with Gasteiger partial charge in [-0.25, -0.2) is 0 Å². The Labute approximate surface area is 87.9 Å². The van der Waals surface area contributed by atoms with Crippen LogP contribution in [0.5, 0.6) is 0 Å². The lowest BCUT2D eigenvalue weighted by molar-refractivity contribution is -0.0846. The molecular weight excluding hydrogens is 172 g/mol. The smallest absolute Gasteiger partial charge is 0.0573 e. The molecule has 1 nitrogen and oxygen atoms in total. The van der Waals surface area contributed by atoms with Crippen LogP contribution in [0, 0.1) is 23.2 Å². The quantitative estimate of drug-likeness (QED) is 0.630. The van der Waals surface area contributed by atoms with Gasteiger partial charge in [0, 0.05) is 0 Å². The molecule has 4 atom stereocenters. The number of aliphatic hydroxyl groups excluding tert-OH is 1. The first-order valence-electron chi connectivity index (χ1n) is 6.21. The van der Waals surface area contributed by atoms with Gasteiger partial charge in [-0.2, -0.15) is 0 Å². The minimum absolute atomic E-state index is 0.0515. The first-order chi connectivity index (χ1) is 6.53. The van der Waals surface area contributed by atoms with Gasteiger partial charge in [0.25, 0.3) is 0 Å². The van der Waals surface area contributed by atoms with E-state index in [1.165, 1.54) is 25.7 Å². The van der Waals surface area contributed by atoms with Crippen LogP contribution in [0.3, 0.4) is 0 Å². The van der Waals surface area contributed by atoms with Crippen LogP contribution in [0.1, 0.15) is 52.9 Å². The molecule has 1 heteroatoms. The molecule has 0 aromatic rings. The summed E-state index contributed by atoms with van der Waals surface area (Å²) in [6, 6.07) is 0. The Kier molecular flexibility index (Phi) is 2.63. The molecule has 0 bridgehead atoms. The fourth-order valence-corrected chi connectivity index (χ4v) is 3.82. The predicted molar refractivity (Wildman–Crippen MR) is 59.0 cm³/mol. The van der Waals surface area contributed by atoms with E-state index in [2.05, 4.69) is 20.8 Å². The van der Waals surface area contributed by atoms with E-state index >= 15 is 0 Å². The average Bonchev–Trinajstić information content (AvgIpc) is 2.15. The maximum atomic E-state index is 10.1. The third-order valence-electron chi connectivity index (χ3n) is 5.16. The van der Waals surface area contributed by atoms with Gasteiger partial charge in [-0.1, -0.05) is 40.0 Å². The minimum atomic E-state index is -0.0515. The highest BCUT2D eigenvalue weighted by atomic mass is 16.3. The molecule has 2 saturated carbocycles. The second-order valence-corrected chi connectivity index (χ2v) is 6.06.